The van der Waals surface area contributed by atoms with Gasteiger partial charge in [-0.3, -0.25) is 0 Å². The fourth-order valence-electron chi connectivity index (χ4n) is 2.08. The van der Waals surface area contributed by atoms with Gasteiger partial charge in [-0.05, 0) is 30.4 Å². The van der Waals surface area contributed by atoms with Crippen molar-refractivity contribution in [2.75, 3.05) is 12.0 Å². The molecule has 0 spiro atoms. The number of thioether (sulfide) groups is 2. The van der Waals surface area contributed by atoms with Crippen LogP contribution in [0.1, 0.15) is 5.56 Å². The number of fused-ring (bicyclic) bond motifs is 3. The van der Waals surface area contributed by atoms with E-state index in [0.29, 0.717) is 0 Å². The molecule has 1 aliphatic heterocycles. The van der Waals surface area contributed by atoms with Crippen molar-refractivity contribution in [2.45, 2.75) is 16.3 Å². The maximum Gasteiger partial charge on any atom is 0.0964 e. The van der Waals surface area contributed by atoms with Gasteiger partial charge in [-0.25, -0.2) is 4.98 Å². The molecule has 0 unspecified atom stereocenters. The van der Waals surface area contributed by atoms with Crippen molar-refractivity contribution in [3.8, 4) is 11.3 Å². The summed E-state index contributed by atoms with van der Waals surface area (Å²) < 4.78 is 0. The minimum atomic E-state index is 1.10. The summed E-state index contributed by atoms with van der Waals surface area (Å²) in [4.78, 5) is 6.14. The van der Waals surface area contributed by atoms with Gasteiger partial charge in [-0.15, -0.1) is 23.5 Å². The van der Waals surface area contributed by atoms with Gasteiger partial charge in [-0.1, -0.05) is 24.3 Å². The molecule has 0 atom stereocenters. The lowest BCUT2D eigenvalue weighted by molar-refractivity contribution is 1.07. The van der Waals surface area contributed by atoms with Crippen molar-refractivity contribution in [3.63, 3.8) is 0 Å². The maximum atomic E-state index is 4.78. The van der Waals surface area contributed by atoms with Gasteiger partial charge in [-0.2, -0.15) is 0 Å². The number of aromatic nitrogens is 1. The normalized spacial score (nSPS) is 13.7. The fourth-order valence-corrected chi connectivity index (χ4v) is 3.50. The molecular formula is C14H13NS2. The number of hydrogen-bond donors (Lipinski definition) is 0. The molecule has 1 aromatic heterocycles. The molecule has 0 fully saturated rings. The standard InChI is InChI=1S/C14H13NS2/c1-16-13-7-6-10-8-9-17-12-5-3-2-4-11(12)14(10)15-13/h2-7H,8-9H2,1H3. The average molecular weight is 259 g/mol. The molecule has 2 aromatic rings. The topological polar surface area (TPSA) is 12.9 Å². The lowest BCUT2D eigenvalue weighted by Crippen LogP contribution is -1.94. The van der Waals surface area contributed by atoms with E-state index in [1.165, 1.54) is 21.7 Å². The van der Waals surface area contributed by atoms with Crippen molar-refractivity contribution in [2.24, 2.45) is 0 Å². The van der Waals surface area contributed by atoms with Crippen LogP contribution in [0.5, 0.6) is 0 Å². The summed E-state index contributed by atoms with van der Waals surface area (Å²) in [6, 6.07) is 12.9. The molecule has 0 saturated carbocycles. The van der Waals surface area contributed by atoms with Crippen LogP contribution < -0.4 is 0 Å². The molecule has 3 rings (SSSR count). The van der Waals surface area contributed by atoms with Crippen LogP contribution in [-0.4, -0.2) is 17.0 Å². The van der Waals surface area contributed by atoms with E-state index in [-0.39, 0.29) is 0 Å². The highest BCUT2D eigenvalue weighted by Gasteiger charge is 2.15. The zero-order chi connectivity index (χ0) is 11.7. The van der Waals surface area contributed by atoms with E-state index < -0.39 is 0 Å². The Morgan fingerprint density at radius 2 is 2.06 bits per heavy atom. The average Bonchev–Trinajstić information content (AvgIpc) is 2.57. The van der Waals surface area contributed by atoms with Gasteiger partial charge in [0, 0.05) is 16.2 Å². The minimum absolute atomic E-state index is 1.10. The van der Waals surface area contributed by atoms with Crippen LogP contribution in [0.3, 0.4) is 0 Å². The molecule has 0 bridgehead atoms. The highest BCUT2D eigenvalue weighted by molar-refractivity contribution is 7.99. The SMILES string of the molecule is CSc1ccc2c(n1)-c1ccccc1SCC2. The van der Waals surface area contributed by atoms with Crippen LogP contribution in [0, 0.1) is 0 Å². The second-order valence-corrected chi connectivity index (χ2v) is 5.92. The molecule has 0 radical (unpaired) electrons. The Morgan fingerprint density at radius 3 is 2.94 bits per heavy atom. The molecule has 17 heavy (non-hydrogen) atoms. The van der Waals surface area contributed by atoms with Crippen molar-refractivity contribution < 1.29 is 0 Å². The Kier molecular flexibility index (Phi) is 3.12. The van der Waals surface area contributed by atoms with Gasteiger partial charge in [0.05, 0.1) is 10.7 Å². The minimum Gasteiger partial charge on any atom is -0.241 e. The first-order valence-electron chi connectivity index (χ1n) is 5.64. The molecule has 1 aliphatic rings. The number of nitrogens with zero attached hydrogens (tertiary/aromatic N) is 1. The summed E-state index contributed by atoms with van der Waals surface area (Å²) in [5.41, 5.74) is 3.85. The second-order valence-electron chi connectivity index (χ2n) is 3.96. The molecular weight excluding hydrogens is 246 g/mol. The Balaban J connectivity index is 2.23. The van der Waals surface area contributed by atoms with Crippen molar-refractivity contribution >= 4 is 23.5 Å². The number of pyridine rings is 1. The quantitative estimate of drug-likeness (QED) is 0.715. The van der Waals surface area contributed by atoms with E-state index >= 15 is 0 Å². The highest BCUT2D eigenvalue weighted by Crippen LogP contribution is 2.36. The second kappa shape index (κ2) is 4.75. The van der Waals surface area contributed by atoms with Crippen LogP contribution in [0.25, 0.3) is 11.3 Å². The number of benzene rings is 1. The van der Waals surface area contributed by atoms with Gasteiger partial charge in [0.1, 0.15) is 0 Å². The zero-order valence-electron chi connectivity index (χ0n) is 9.64. The monoisotopic (exact) mass is 259 g/mol. The molecule has 0 saturated heterocycles. The van der Waals surface area contributed by atoms with E-state index in [9.17, 15) is 0 Å². The van der Waals surface area contributed by atoms with Gasteiger partial charge in [0.2, 0.25) is 0 Å². The van der Waals surface area contributed by atoms with Crippen LogP contribution in [0.4, 0.5) is 0 Å². The molecule has 1 aromatic carbocycles. The van der Waals surface area contributed by atoms with Crippen molar-refractivity contribution in [1.82, 2.24) is 4.98 Å². The highest BCUT2D eigenvalue weighted by atomic mass is 32.2. The first-order valence-corrected chi connectivity index (χ1v) is 7.85. The van der Waals surface area contributed by atoms with Crippen LogP contribution >= 0.6 is 23.5 Å². The van der Waals surface area contributed by atoms with Gasteiger partial charge in [0.25, 0.3) is 0 Å². The Hall–Kier alpha value is -0.930. The number of rotatable bonds is 1. The van der Waals surface area contributed by atoms with Crippen molar-refractivity contribution in [3.05, 3.63) is 42.0 Å². The Bertz CT molecular complexity index is 552. The van der Waals surface area contributed by atoms with Gasteiger partial charge >= 0.3 is 0 Å². The Morgan fingerprint density at radius 1 is 1.18 bits per heavy atom. The zero-order valence-corrected chi connectivity index (χ0v) is 11.3. The predicted molar refractivity (Wildman–Crippen MR) is 75.9 cm³/mol. The van der Waals surface area contributed by atoms with Crippen LogP contribution in [-0.2, 0) is 6.42 Å². The lowest BCUT2D eigenvalue weighted by Gasteiger charge is -2.08. The van der Waals surface area contributed by atoms with E-state index in [1.54, 1.807) is 11.8 Å². The lowest BCUT2D eigenvalue weighted by atomic mass is 10.0. The third kappa shape index (κ3) is 2.09. The van der Waals surface area contributed by atoms with Crippen LogP contribution in [0.2, 0.25) is 0 Å². The molecule has 0 aliphatic carbocycles. The summed E-state index contributed by atoms with van der Waals surface area (Å²) in [6.45, 7) is 0. The summed E-state index contributed by atoms with van der Waals surface area (Å²) in [6.07, 6.45) is 3.18. The smallest absolute Gasteiger partial charge is 0.0964 e. The fraction of sp³-hybridized carbons (Fsp3) is 0.214. The molecule has 2 heterocycles. The van der Waals surface area contributed by atoms with E-state index in [1.807, 2.05) is 11.8 Å². The summed E-state index contributed by atoms with van der Waals surface area (Å²) in [5, 5.41) is 1.10. The summed E-state index contributed by atoms with van der Waals surface area (Å²) in [7, 11) is 0. The molecule has 3 heteroatoms. The Labute approximate surface area is 110 Å². The van der Waals surface area contributed by atoms with E-state index in [0.717, 1.165) is 17.2 Å². The van der Waals surface area contributed by atoms with E-state index in [2.05, 4.69) is 42.7 Å². The maximum absolute atomic E-state index is 4.78. The van der Waals surface area contributed by atoms with Gasteiger partial charge < -0.3 is 0 Å². The molecule has 1 nitrogen and oxygen atoms in total. The number of aryl methyl sites for hydroxylation is 1. The van der Waals surface area contributed by atoms with Crippen LogP contribution in [0.15, 0.2) is 46.3 Å². The molecule has 86 valence electrons. The number of hydrogen-bond acceptors (Lipinski definition) is 3. The molecule has 0 amide bonds. The third-order valence-electron chi connectivity index (χ3n) is 2.93. The predicted octanol–water partition coefficient (Wildman–Crippen LogP) is 4.12. The first-order chi connectivity index (χ1) is 8.38. The van der Waals surface area contributed by atoms with Crippen molar-refractivity contribution in [1.29, 1.82) is 0 Å². The summed E-state index contributed by atoms with van der Waals surface area (Å²) in [5.74, 6) is 1.14. The van der Waals surface area contributed by atoms with Gasteiger partial charge in [0.15, 0.2) is 0 Å². The third-order valence-corrected chi connectivity index (χ3v) is 4.65. The first kappa shape index (κ1) is 11.2. The largest absolute Gasteiger partial charge is 0.241 e. The van der Waals surface area contributed by atoms with E-state index in [4.69, 9.17) is 4.98 Å². The summed E-state index contributed by atoms with van der Waals surface area (Å²) >= 11 is 3.64. The molecule has 0 N–H and O–H groups in total.